The number of benzene rings is 9. The summed E-state index contributed by atoms with van der Waals surface area (Å²) in [5, 5.41) is 2.41. The first-order chi connectivity index (χ1) is 27.8. The van der Waals surface area contributed by atoms with Gasteiger partial charge in [0.1, 0.15) is 0 Å². The number of rotatable bonds is 8. The SMILES string of the molecule is c1ccc(-c2ccccc2-c2cc(N(c3ccccc3)c3cccc4c3c3ccccc3n4-c3ccccc3-c3ccccc3)ccc2-c2ccccc2)cc1. The largest absolute Gasteiger partial charge is 0.310 e. The van der Waals surface area contributed by atoms with Crippen molar-refractivity contribution in [2.45, 2.75) is 0 Å². The zero-order valence-electron chi connectivity index (χ0n) is 30.8. The maximum absolute atomic E-state index is 2.44. The van der Waals surface area contributed by atoms with Crippen molar-refractivity contribution in [3.05, 3.63) is 231 Å². The number of para-hydroxylation sites is 3. The number of fused-ring (bicyclic) bond motifs is 3. The molecule has 0 bridgehead atoms. The zero-order valence-corrected chi connectivity index (χ0v) is 30.8. The van der Waals surface area contributed by atoms with Gasteiger partial charge in [-0.25, -0.2) is 0 Å². The van der Waals surface area contributed by atoms with Gasteiger partial charge in [-0.15, -0.1) is 0 Å². The maximum Gasteiger partial charge on any atom is 0.0562 e. The monoisotopic (exact) mass is 714 g/mol. The smallest absolute Gasteiger partial charge is 0.0562 e. The van der Waals surface area contributed by atoms with Gasteiger partial charge in [-0.2, -0.15) is 0 Å². The second-order valence-corrected chi connectivity index (χ2v) is 14.1. The third kappa shape index (κ3) is 5.85. The lowest BCUT2D eigenvalue weighted by atomic mass is 9.89. The van der Waals surface area contributed by atoms with E-state index in [2.05, 4.69) is 240 Å². The molecule has 0 saturated heterocycles. The fourth-order valence-corrected chi connectivity index (χ4v) is 8.33. The average molecular weight is 715 g/mol. The molecule has 0 aliphatic rings. The van der Waals surface area contributed by atoms with E-state index < -0.39 is 0 Å². The predicted octanol–water partition coefficient (Wildman–Crippen LogP) is 14.9. The fourth-order valence-electron chi connectivity index (χ4n) is 8.33. The van der Waals surface area contributed by atoms with Crippen LogP contribution in [0.25, 0.3) is 72.0 Å². The van der Waals surface area contributed by atoms with Gasteiger partial charge < -0.3 is 9.47 Å². The predicted molar refractivity (Wildman–Crippen MR) is 237 cm³/mol. The second-order valence-electron chi connectivity index (χ2n) is 14.1. The van der Waals surface area contributed by atoms with Crippen molar-refractivity contribution < 1.29 is 0 Å². The summed E-state index contributed by atoms with van der Waals surface area (Å²) >= 11 is 0. The summed E-state index contributed by atoms with van der Waals surface area (Å²) in [6.45, 7) is 0. The number of hydrogen-bond donors (Lipinski definition) is 0. The van der Waals surface area contributed by atoms with Crippen LogP contribution in [0.15, 0.2) is 231 Å². The number of aromatic nitrogens is 1. The van der Waals surface area contributed by atoms with Crippen LogP contribution in [-0.2, 0) is 0 Å². The molecule has 0 amide bonds. The molecule has 9 aromatic carbocycles. The lowest BCUT2D eigenvalue weighted by Gasteiger charge is -2.28. The molecule has 0 spiro atoms. The first-order valence-corrected chi connectivity index (χ1v) is 19.2. The van der Waals surface area contributed by atoms with Gasteiger partial charge in [0.25, 0.3) is 0 Å². The highest BCUT2D eigenvalue weighted by molar-refractivity contribution is 6.17. The van der Waals surface area contributed by atoms with Crippen molar-refractivity contribution in [3.8, 4) is 50.2 Å². The van der Waals surface area contributed by atoms with E-state index in [0.29, 0.717) is 0 Å². The standard InChI is InChI=1S/C54H38N2/c1-5-20-39(21-6-1)44-28-13-14-30-47(44)49-38-43(36-37-45(49)40-22-7-2-8-23-40)55(42-26-11-4-12-27-42)52-34-19-35-53-54(52)48-31-16-18-33-51(48)56(53)50-32-17-15-29-46(50)41-24-9-3-10-25-41/h1-38H. The molecule has 0 saturated carbocycles. The van der Waals surface area contributed by atoms with Crippen LogP contribution in [0.4, 0.5) is 17.1 Å². The Kier molecular flexibility index (Phi) is 8.55. The minimum Gasteiger partial charge on any atom is -0.310 e. The molecule has 0 aliphatic heterocycles. The quantitative estimate of drug-likeness (QED) is 0.152. The maximum atomic E-state index is 2.44. The van der Waals surface area contributed by atoms with Crippen LogP contribution in [0, 0.1) is 0 Å². The molecule has 1 heterocycles. The van der Waals surface area contributed by atoms with Crippen molar-refractivity contribution in [2.75, 3.05) is 4.90 Å². The highest BCUT2D eigenvalue weighted by Crippen LogP contribution is 2.47. The van der Waals surface area contributed by atoms with Crippen molar-refractivity contribution in [3.63, 3.8) is 0 Å². The Balaban J connectivity index is 1.25. The van der Waals surface area contributed by atoms with Crippen molar-refractivity contribution >= 4 is 38.9 Å². The van der Waals surface area contributed by atoms with E-state index in [1.807, 2.05) is 0 Å². The molecule has 10 rings (SSSR count). The number of anilines is 3. The lowest BCUT2D eigenvalue weighted by Crippen LogP contribution is -2.10. The van der Waals surface area contributed by atoms with Crippen molar-refractivity contribution in [1.29, 1.82) is 0 Å². The molecule has 0 radical (unpaired) electrons. The van der Waals surface area contributed by atoms with E-state index in [-0.39, 0.29) is 0 Å². The fraction of sp³-hybridized carbons (Fsp3) is 0. The molecule has 0 aliphatic carbocycles. The minimum atomic E-state index is 1.09. The molecule has 264 valence electrons. The van der Waals surface area contributed by atoms with Gasteiger partial charge in [0.2, 0.25) is 0 Å². The van der Waals surface area contributed by atoms with Crippen molar-refractivity contribution in [2.24, 2.45) is 0 Å². The molecular weight excluding hydrogens is 677 g/mol. The molecule has 0 N–H and O–H groups in total. The van der Waals surface area contributed by atoms with Gasteiger partial charge >= 0.3 is 0 Å². The van der Waals surface area contributed by atoms with Crippen LogP contribution in [-0.4, -0.2) is 4.57 Å². The van der Waals surface area contributed by atoms with Gasteiger partial charge in [-0.05, 0) is 87.5 Å². The summed E-state index contributed by atoms with van der Waals surface area (Å²) in [7, 11) is 0. The van der Waals surface area contributed by atoms with Crippen LogP contribution in [0.1, 0.15) is 0 Å². The Labute approximate surface area is 327 Å². The Morgan fingerprint density at radius 2 is 0.804 bits per heavy atom. The first kappa shape index (κ1) is 33.2. The van der Waals surface area contributed by atoms with Gasteiger partial charge in [0.05, 0.1) is 22.4 Å². The summed E-state index contributed by atoms with van der Waals surface area (Å²) in [5.41, 5.74) is 16.3. The number of hydrogen-bond acceptors (Lipinski definition) is 1. The van der Waals surface area contributed by atoms with Gasteiger partial charge in [-0.1, -0.05) is 182 Å². The zero-order chi connectivity index (χ0) is 37.3. The summed E-state index contributed by atoms with van der Waals surface area (Å²) in [6, 6.07) is 83.1. The third-order valence-electron chi connectivity index (χ3n) is 10.8. The molecule has 2 heteroatoms. The van der Waals surface area contributed by atoms with E-state index in [9.17, 15) is 0 Å². The normalized spacial score (nSPS) is 11.2. The van der Waals surface area contributed by atoms with Gasteiger partial charge in [0.15, 0.2) is 0 Å². The summed E-state index contributed by atoms with van der Waals surface area (Å²) in [6.07, 6.45) is 0. The molecule has 56 heavy (non-hydrogen) atoms. The number of nitrogens with zero attached hydrogens (tertiary/aromatic N) is 2. The van der Waals surface area contributed by atoms with Crippen molar-refractivity contribution in [1.82, 2.24) is 4.57 Å². The Morgan fingerprint density at radius 1 is 0.304 bits per heavy atom. The van der Waals surface area contributed by atoms with E-state index >= 15 is 0 Å². The van der Waals surface area contributed by atoms with Crippen LogP contribution in [0.5, 0.6) is 0 Å². The molecule has 0 unspecified atom stereocenters. The highest BCUT2D eigenvalue weighted by atomic mass is 15.1. The first-order valence-electron chi connectivity index (χ1n) is 19.2. The Morgan fingerprint density at radius 3 is 1.48 bits per heavy atom. The summed E-state index contributed by atoms with van der Waals surface area (Å²) in [5.74, 6) is 0. The molecule has 0 atom stereocenters. The molecule has 1 aromatic heterocycles. The van der Waals surface area contributed by atoms with Crippen LogP contribution in [0.2, 0.25) is 0 Å². The molecule has 10 aromatic rings. The topological polar surface area (TPSA) is 8.17 Å². The minimum absolute atomic E-state index is 1.09. The van der Waals surface area contributed by atoms with Gasteiger partial charge in [-0.3, -0.25) is 0 Å². The van der Waals surface area contributed by atoms with E-state index in [4.69, 9.17) is 0 Å². The third-order valence-corrected chi connectivity index (χ3v) is 10.8. The highest BCUT2D eigenvalue weighted by Gasteiger charge is 2.23. The van der Waals surface area contributed by atoms with Crippen LogP contribution < -0.4 is 4.90 Å². The lowest BCUT2D eigenvalue weighted by molar-refractivity contribution is 1.18. The van der Waals surface area contributed by atoms with Crippen LogP contribution >= 0.6 is 0 Å². The average Bonchev–Trinajstić information content (AvgIpc) is 3.63. The Hall–Kier alpha value is -7.42. The van der Waals surface area contributed by atoms with E-state index in [1.165, 1.54) is 60.8 Å². The Bertz CT molecular complexity index is 2950. The van der Waals surface area contributed by atoms with Crippen LogP contribution in [0.3, 0.4) is 0 Å². The molecule has 2 nitrogen and oxygen atoms in total. The van der Waals surface area contributed by atoms with E-state index in [0.717, 1.165) is 28.3 Å². The second kappa shape index (κ2) is 14.4. The molecular formula is C54H38N2. The summed E-state index contributed by atoms with van der Waals surface area (Å²) < 4.78 is 2.44. The van der Waals surface area contributed by atoms with Gasteiger partial charge in [0, 0.05) is 27.7 Å². The molecule has 0 fully saturated rings. The van der Waals surface area contributed by atoms with E-state index in [1.54, 1.807) is 0 Å². The summed E-state index contributed by atoms with van der Waals surface area (Å²) in [4.78, 5) is 2.44.